The van der Waals surface area contributed by atoms with E-state index < -0.39 is 10.0 Å². The van der Waals surface area contributed by atoms with Crippen molar-refractivity contribution < 1.29 is 8.42 Å². The molecule has 7 heteroatoms. The molecule has 0 fully saturated rings. The van der Waals surface area contributed by atoms with E-state index in [1.165, 1.54) is 9.55 Å². The van der Waals surface area contributed by atoms with Gasteiger partial charge in [0.25, 0.3) is 10.0 Å². The average Bonchev–Trinajstić information content (AvgIpc) is 3.09. The Morgan fingerprint density at radius 2 is 1.86 bits per heavy atom. The van der Waals surface area contributed by atoms with Crippen molar-refractivity contribution in [3.8, 4) is 0 Å². The standard InChI is InChI=1S/C21H24N4O2S/c1-23(2)17-6-8-18(9-7-17)28(26,27)25-15-20(16-10-13-24(3)14-11-16)19-5-4-12-22-21(19)25/h4-10,12,15H,11,13-14H2,1-3H3. The summed E-state index contributed by atoms with van der Waals surface area (Å²) in [5.74, 6) is 0. The van der Waals surface area contributed by atoms with Crippen LogP contribution in [0.3, 0.4) is 0 Å². The van der Waals surface area contributed by atoms with E-state index in [1.807, 2.05) is 43.3 Å². The molecule has 28 heavy (non-hydrogen) atoms. The van der Waals surface area contributed by atoms with Crippen LogP contribution < -0.4 is 4.90 Å². The van der Waals surface area contributed by atoms with Crippen LogP contribution in [0, 0.1) is 0 Å². The minimum atomic E-state index is -3.74. The van der Waals surface area contributed by atoms with Gasteiger partial charge in [-0.15, -0.1) is 0 Å². The molecule has 1 aliphatic rings. The van der Waals surface area contributed by atoms with E-state index in [0.29, 0.717) is 5.65 Å². The zero-order chi connectivity index (χ0) is 19.9. The van der Waals surface area contributed by atoms with E-state index >= 15 is 0 Å². The third-order valence-electron chi connectivity index (χ3n) is 5.20. The summed E-state index contributed by atoms with van der Waals surface area (Å²) in [5, 5.41) is 0.867. The third-order valence-corrected chi connectivity index (χ3v) is 6.86. The van der Waals surface area contributed by atoms with Gasteiger partial charge in [0.1, 0.15) is 0 Å². The number of benzene rings is 1. The molecule has 0 spiro atoms. The molecular formula is C21H24N4O2S. The molecule has 146 valence electrons. The normalized spacial score (nSPS) is 15.6. The van der Waals surface area contributed by atoms with Crippen LogP contribution in [0.5, 0.6) is 0 Å². The first-order valence-corrected chi connectivity index (χ1v) is 10.7. The lowest BCUT2D eigenvalue weighted by molar-refractivity contribution is 0.370. The molecule has 0 atom stereocenters. The summed E-state index contributed by atoms with van der Waals surface area (Å²) in [6.45, 7) is 1.82. The van der Waals surface area contributed by atoms with Crippen molar-refractivity contribution in [3.63, 3.8) is 0 Å². The minimum absolute atomic E-state index is 0.254. The largest absolute Gasteiger partial charge is 0.378 e. The highest BCUT2D eigenvalue weighted by atomic mass is 32.2. The molecule has 0 saturated carbocycles. The maximum absolute atomic E-state index is 13.4. The van der Waals surface area contributed by atoms with Gasteiger partial charge in [0.05, 0.1) is 4.90 Å². The van der Waals surface area contributed by atoms with Crippen molar-refractivity contribution in [3.05, 3.63) is 60.4 Å². The molecule has 4 rings (SSSR count). The predicted octanol–water partition coefficient (Wildman–Crippen LogP) is 3.06. The van der Waals surface area contributed by atoms with E-state index in [0.717, 1.165) is 36.1 Å². The van der Waals surface area contributed by atoms with Gasteiger partial charge in [-0.3, -0.25) is 0 Å². The molecule has 0 unspecified atom stereocenters. The lowest BCUT2D eigenvalue weighted by atomic mass is 10.00. The molecule has 0 radical (unpaired) electrons. The summed E-state index contributed by atoms with van der Waals surface area (Å²) < 4.78 is 28.0. The fourth-order valence-corrected chi connectivity index (χ4v) is 4.84. The van der Waals surface area contributed by atoms with E-state index in [1.54, 1.807) is 24.5 Å². The van der Waals surface area contributed by atoms with Crippen molar-refractivity contribution in [2.75, 3.05) is 39.1 Å². The van der Waals surface area contributed by atoms with Crippen molar-refractivity contribution in [2.45, 2.75) is 11.3 Å². The quantitative estimate of drug-likeness (QED) is 0.678. The Morgan fingerprint density at radius 1 is 1.11 bits per heavy atom. The minimum Gasteiger partial charge on any atom is -0.378 e. The maximum Gasteiger partial charge on any atom is 0.269 e. The zero-order valence-corrected chi connectivity index (χ0v) is 17.1. The van der Waals surface area contributed by atoms with Crippen LogP contribution >= 0.6 is 0 Å². The first-order chi connectivity index (χ1) is 13.4. The molecule has 1 aromatic carbocycles. The van der Waals surface area contributed by atoms with Gasteiger partial charge >= 0.3 is 0 Å². The smallest absolute Gasteiger partial charge is 0.269 e. The Hall–Kier alpha value is -2.64. The summed E-state index contributed by atoms with van der Waals surface area (Å²) in [5.41, 5.74) is 3.54. The van der Waals surface area contributed by atoms with Gasteiger partial charge in [0.15, 0.2) is 5.65 Å². The molecule has 0 bridgehead atoms. The molecular weight excluding hydrogens is 372 g/mol. The number of likely N-dealkylation sites (N-methyl/N-ethyl adjacent to an activating group) is 1. The lowest BCUT2D eigenvalue weighted by Crippen LogP contribution is -2.23. The van der Waals surface area contributed by atoms with Crippen LogP contribution in [0.15, 0.2) is 59.8 Å². The Labute approximate surface area is 165 Å². The highest BCUT2D eigenvalue weighted by molar-refractivity contribution is 7.90. The maximum atomic E-state index is 13.4. The average molecular weight is 397 g/mol. The first-order valence-electron chi connectivity index (χ1n) is 9.25. The van der Waals surface area contributed by atoms with Crippen molar-refractivity contribution in [1.82, 2.24) is 13.9 Å². The Kier molecular flexibility index (Phi) is 4.72. The molecule has 1 aliphatic heterocycles. The van der Waals surface area contributed by atoms with Crippen molar-refractivity contribution in [2.24, 2.45) is 0 Å². The highest BCUT2D eigenvalue weighted by Crippen LogP contribution is 2.32. The van der Waals surface area contributed by atoms with Crippen LogP contribution in [0.1, 0.15) is 12.0 Å². The predicted molar refractivity (Wildman–Crippen MR) is 113 cm³/mol. The summed E-state index contributed by atoms with van der Waals surface area (Å²) in [7, 11) is 2.19. The van der Waals surface area contributed by atoms with Gasteiger partial charge in [-0.1, -0.05) is 6.08 Å². The second-order valence-corrected chi connectivity index (χ2v) is 9.16. The Balaban J connectivity index is 1.84. The topological polar surface area (TPSA) is 58.4 Å². The highest BCUT2D eigenvalue weighted by Gasteiger charge is 2.24. The second-order valence-electron chi connectivity index (χ2n) is 7.35. The molecule has 0 aliphatic carbocycles. The lowest BCUT2D eigenvalue weighted by Gasteiger charge is -2.21. The van der Waals surface area contributed by atoms with Gasteiger partial charge in [-0.25, -0.2) is 17.4 Å². The van der Waals surface area contributed by atoms with Gasteiger partial charge in [-0.2, -0.15) is 0 Å². The van der Waals surface area contributed by atoms with Crippen molar-refractivity contribution >= 4 is 32.3 Å². The molecule has 3 aromatic rings. The molecule has 0 N–H and O–H groups in total. The number of hydrogen-bond acceptors (Lipinski definition) is 5. The number of anilines is 1. The molecule has 6 nitrogen and oxygen atoms in total. The van der Waals surface area contributed by atoms with Gasteiger partial charge < -0.3 is 9.80 Å². The van der Waals surface area contributed by atoms with E-state index in [4.69, 9.17) is 0 Å². The van der Waals surface area contributed by atoms with Crippen LogP contribution in [0.2, 0.25) is 0 Å². The number of fused-ring (bicyclic) bond motifs is 1. The van der Waals surface area contributed by atoms with E-state index in [9.17, 15) is 8.42 Å². The summed E-state index contributed by atoms with van der Waals surface area (Å²) in [6.07, 6.45) is 6.43. The fraction of sp³-hybridized carbons (Fsp3) is 0.286. The van der Waals surface area contributed by atoms with Crippen molar-refractivity contribution in [1.29, 1.82) is 0 Å². The van der Waals surface area contributed by atoms with Crippen LogP contribution in [-0.4, -0.2) is 56.5 Å². The number of nitrogens with zero attached hydrogens (tertiary/aromatic N) is 4. The second kappa shape index (κ2) is 7.07. The third kappa shape index (κ3) is 3.21. The number of hydrogen-bond donors (Lipinski definition) is 0. The number of rotatable bonds is 4. The monoisotopic (exact) mass is 396 g/mol. The van der Waals surface area contributed by atoms with Crippen LogP contribution in [-0.2, 0) is 10.0 Å². The van der Waals surface area contributed by atoms with E-state index in [-0.39, 0.29) is 4.90 Å². The van der Waals surface area contributed by atoms with Crippen LogP contribution in [0.25, 0.3) is 16.6 Å². The Morgan fingerprint density at radius 3 is 2.50 bits per heavy atom. The number of pyridine rings is 1. The number of aromatic nitrogens is 2. The Bertz CT molecular complexity index is 1140. The summed E-state index contributed by atoms with van der Waals surface area (Å²) in [4.78, 5) is 8.82. The van der Waals surface area contributed by atoms with E-state index in [2.05, 4.69) is 23.0 Å². The molecule has 2 aromatic heterocycles. The molecule has 3 heterocycles. The fourth-order valence-electron chi connectivity index (χ4n) is 3.51. The van der Waals surface area contributed by atoms with Crippen LogP contribution in [0.4, 0.5) is 5.69 Å². The molecule has 0 amide bonds. The first kappa shape index (κ1) is 18.7. The molecule has 0 saturated heterocycles. The van der Waals surface area contributed by atoms with Gasteiger partial charge in [0, 0.05) is 56.2 Å². The summed E-state index contributed by atoms with van der Waals surface area (Å²) >= 11 is 0. The van der Waals surface area contributed by atoms with Gasteiger partial charge in [0.2, 0.25) is 0 Å². The zero-order valence-electron chi connectivity index (χ0n) is 16.3. The summed E-state index contributed by atoms with van der Waals surface area (Å²) in [6, 6.07) is 10.7. The van der Waals surface area contributed by atoms with Gasteiger partial charge in [-0.05, 0) is 55.4 Å². The SMILES string of the molecule is CN1CC=C(c2cn(S(=O)(=O)c3ccc(N(C)C)cc3)c3ncccc23)CC1.